The Bertz CT molecular complexity index is 1180. The molecular weight excluding hydrogens is 453 g/mol. The monoisotopic (exact) mass is 477 g/mol. The number of methoxy groups -OCH3 is 2. The van der Waals surface area contributed by atoms with E-state index in [0.717, 1.165) is 5.56 Å². The number of ether oxygens (including phenoxy) is 2. The van der Waals surface area contributed by atoms with E-state index in [1.807, 2.05) is 25.1 Å². The number of alkyl halides is 2. The lowest BCUT2D eigenvalue weighted by molar-refractivity contribution is -0.132. The Morgan fingerprint density at radius 3 is 2.56 bits per heavy atom. The van der Waals surface area contributed by atoms with Crippen molar-refractivity contribution >= 4 is 40.0 Å². The molecule has 3 aromatic rings. The Kier molecular flexibility index (Phi) is 7.77. The van der Waals surface area contributed by atoms with Crippen LogP contribution in [0.25, 0.3) is 16.6 Å². The number of rotatable bonds is 8. The lowest BCUT2D eigenvalue weighted by Crippen LogP contribution is -2.41. The molecule has 0 saturated heterocycles. The van der Waals surface area contributed by atoms with Gasteiger partial charge in [-0.05, 0) is 43.7 Å². The van der Waals surface area contributed by atoms with Crippen molar-refractivity contribution in [3.8, 4) is 11.4 Å². The van der Waals surface area contributed by atoms with Gasteiger partial charge in [0.25, 0.3) is 11.5 Å². The van der Waals surface area contributed by atoms with E-state index >= 15 is 0 Å². The highest BCUT2D eigenvalue weighted by molar-refractivity contribution is 6.53. The quantitative estimate of drug-likeness (QED) is 0.457. The first-order valence-electron chi connectivity index (χ1n) is 10.0. The van der Waals surface area contributed by atoms with Crippen LogP contribution in [-0.4, -0.2) is 52.6 Å². The fourth-order valence-electron chi connectivity index (χ4n) is 3.59. The predicted molar refractivity (Wildman–Crippen MR) is 126 cm³/mol. The Morgan fingerprint density at radius 2 is 1.91 bits per heavy atom. The molecule has 1 atom stereocenters. The zero-order valence-electron chi connectivity index (χ0n) is 18.3. The van der Waals surface area contributed by atoms with Crippen LogP contribution in [0.2, 0.25) is 0 Å². The number of benzene rings is 2. The van der Waals surface area contributed by atoms with Gasteiger partial charge in [0.2, 0.25) is 0 Å². The number of hydrogen-bond donors (Lipinski definition) is 0. The van der Waals surface area contributed by atoms with E-state index in [9.17, 15) is 9.59 Å². The van der Waals surface area contributed by atoms with Crippen LogP contribution in [0.1, 0.15) is 24.4 Å². The molecule has 170 valence electrons. The summed E-state index contributed by atoms with van der Waals surface area (Å²) in [6, 6.07) is 12.0. The third-order valence-corrected chi connectivity index (χ3v) is 5.60. The summed E-state index contributed by atoms with van der Waals surface area (Å²) in [6.07, 6.45) is 0. The summed E-state index contributed by atoms with van der Waals surface area (Å²) in [5, 5.41) is 0.453. The van der Waals surface area contributed by atoms with E-state index in [4.69, 9.17) is 37.7 Å². The van der Waals surface area contributed by atoms with Gasteiger partial charge in [0.1, 0.15) is 11.6 Å². The van der Waals surface area contributed by atoms with Gasteiger partial charge in [-0.25, -0.2) is 4.98 Å². The summed E-state index contributed by atoms with van der Waals surface area (Å²) in [4.78, 5) is 31.4. The van der Waals surface area contributed by atoms with E-state index in [0.29, 0.717) is 28.2 Å². The second-order valence-electron chi connectivity index (χ2n) is 7.30. The molecule has 2 aromatic carbocycles. The maximum Gasteiger partial charge on any atom is 0.266 e. The molecule has 0 bridgehead atoms. The molecule has 0 saturated carbocycles. The van der Waals surface area contributed by atoms with Gasteiger partial charge in [-0.1, -0.05) is 41.4 Å². The van der Waals surface area contributed by atoms with Crippen LogP contribution >= 0.6 is 23.2 Å². The van der Waals surface area contributed by atoms with Crippen molar-refractivity contribution in [2.75, 3.05) is 27.4 Å². The Labute approximate surface area is 196 Å². The topological polar surface area (TPSA) is 73.7 Å². The first-order chi connectivity index (χ1) is 15.3. The number of aromatic nitrogens is 2. The lowest BCUT2D eigenvalue weighted by atomic mass is 10.1. The molecule has 9 heteroatoms. The number of carbonyl (C=O) groups excluding carboxylic acids is 1. The molecule has 1 amide bonds. The normalized spacial score (nSPS) is 12.2. The van der Waals surface area contributed by atoms with Gasteiger partial charge < -0.3 is 14.4 Å². The van der Waals surface area contributed by atoms with Gasteiger partial charge in [-0.2, -0.15) is 0 Å². The van der Waals surface area contributed by atoms with Crippen LogP contribution in [0.3, 0.4) is 0 Å². The minimum atomic E-state index is -1.26. The first-order valence-corrected chi connectivity index (χ1v) is 10.9. The van der Waals surface area contributed by atoms with Crippen molar-refractivity contribution in [3.05, 3.63) is 64.2 Å². The summed E-state index contributed by atoms with van der Waals surface area (Å²) in [7, 11) is 3.07. The molecule has 0 spiro atoms. The number of amides is 1. The number of aryl methyl sites for hydroxylation is 1. The molecule has 0 fully saturated rings. The van der Waals surface area contributed by atoms with Crippen LogP contribution in [0.5, 0.6) is 5.75 Å². The molecule has 0 aliphatic carbocycles. The van der Waals surface area contributed by atoms with Gasteiger partial charge in [0, 0.05) is 13.7 Å². The van der Waals surface area contributed by atoms with E-state index in [-0.39, 0.29) is 18.7 Å². The highest BCUT2D eigenvalue weighted by atomic mass is 35.5. The van der Waals surface area contributed by atoms with Crippen LogP contribution in [0.4, 0.5) is 0 Å². The Balaban J connectivity index is 2.32. The average molecular weight is 478 g/mol. The molecule has 0 radical (unpaired) electrons. The number of hydrogen-bond acceptors (Lipinski definition) is 5. The van der Waals surface area contributed by atoms with Gasteiger partial charge >= 0.3 is 0 Å². The average Bonchev–Trinajstić information content (AvgIpc) is 2.78. The van der Waals surface area contributed by atoms with Crippen molar-refractivity contribution in [2.45, 2.75) is 24.7 Å². The summed E-state index contributed by atoms with van der Waals surface area (Å²) in [5.74, 6) is 0.365. The van der Waals surface area contributed by atoms with Crippen LogP contribution in [0, 0.1) is 6.92 Å². The summed E-state index contributed by atoms with van der Waals surface area (Å²) >= 11 is 11.8. The fourth-order valence-corrected chi connectivity index (χ4v) is 3.84. The number of carbonyl (C=O) groups is 1. The highest BCUT2D eigenvalue weighted by Crippen LogP contribution is 2.29. The number of fused-ring (bicyclic) bond motifs is 1. The Morgan fingerprint density at radius 1 is 1.19 bits per heavy atom. The summed E-state index contributed by atoms with van der Waals surface area (Å²) < 4.78 is 12.2. The summed E-state index contributed by atoms with van der Waals surface area (Å²) in [5.41, 5.74) is 1.72. The Hall–Kier alpha value is -2.61. The third-order valence-electron chi connectivity index (χ3n) is 5.22. The van der Waals surface area contributed by atoms with Crippen LogP contribution in [-0.2, 0) is 9.53 Å². The predicted octanol–water partition coefficient (Wildman–Crippen LogP) is 4.04. The highest BCUT2D eigenvalue weighted by Gasteiger charge is 2.30. The minimum absolute atomic E-state index is 0.222. The van der Waals surface area contributed by atoms with Crippen molar-refractivity contribution < 1.29 is 14.3 Å². The van der Waals surface area contributed by atoms with Crippen molar-refractivity contribution in [2.24, 2.45) is 0 Å². The smallest absolute Gasteiger partial charge is 0.266 e. The second kappa shape index (κ2) is 10.3. The van der Waals surface area contributed by atoms with Gasteiger partial charge in [0.15, 0.2) is 4.84 Å². The molecule has 0 aliphatic heterocycles. The van der Waals surface area contributed by atoms with E-state index in [1.165, 1.54) is 23.7 Å². The standard InChI is InChI=1S/C23H25Cl2N3O4/c1-14-9-10-19(32-4)18(13-14)28-21(26-17-8-6-5-7-16(17)22(28)29)15(2)27(11-12-31-3)23(30)20(24)25/h5-10,13,15,20H,11-12H2,1-4H3. The van der Waals surface area contributed by atoms with Gasteiger partial charge in [0.05, 0.1) is 36.3 Å². The molecule has 1 unspecified atom stereocenters. The van der Waals surface area contributed by atoms with Crippen LogP contribution in [0.15, 0.2) is 47.3 Å². The molecule has 0 N–H and O–H groups in total. The largest absolute Gasteiger partial charge is 0.495 e. The first kappa shape index (κ1) is 24.0. The number of para-hydroxylation sites is 1. The van der Waals surface area contributed by atoms with Gasteiger partial charge in [-0.15, -0.1) is 0 Å². The van der Waals surface area contributed by atoms with Gasteiger partial charge in [-0.3, -0.25) is 14.2 Å². The molecule has 0 aliphatic rings. The van der Waals surface area contributed by atoms with Crippen molar-refractivity contribution in [1.29, 1.82) is 0 Å². The van der Waals surface area contributed by atoms with E-state index in [1.54, 1.807) is 31.2 Å². The number of halogens is 2. The number of nitrogens with zero attached hydrogens (tertiary/aromatic N) is 3. The zero-order chi connectivity index (χ0) is 23.4. The SMILES string of the molecule is COCCN(C(=O)C(Cl)Cl)C(C)c1nc2ccccc2c(=O)n1-c1cc(C)ccc1OC. The van der Waals surface area contributed by atoms with Crippen molar-refractivity contribution in [3.63, 3.8) is 0 Å². The molecule has 3 rings (SSSR count). The maximum atomic E-state index is 13.7. The summed E-state index contributed by atoms with van der Waals surface area (Å²) in [6.45, 7) is 4.19. The third kappa shape index (κ3) is 4.75. The molecular formula is C23H25Cl2N3O4. The zero-order valence-corrected chi connectivity index (χ0v) is 19.9. The minimum Gasteiger partial charge on any atom is -0.495 e. The van der Waals surface area contributed by atoms with Crippen molar-refractivity contribution in [1.82, 2.24) is 14.5 Å². The molecule has 32 heavy (non-hydrogen) atoms. The fraction of sp³-hybridized carbons (Fsp3) is 0.348. The van der Waals surface area contributed by atoms with E-state index < -0.39 is 16.8 Å². The molecule has 7 nitrogen and oxygen atoms in total. The lowest BCUT2D eigenvalue weighted by Gasteiger charge is -2.31. The molecule has 1 aromatic heterocycles. The maximum absolute atomic E-state index is 13.7. The van der Waals surface area contributed by atoms with Crippen LogP contribution < -0.4 is 10.3 Å². The van der Waals surface area contributed by atoms with E-state index in [2.05, 4.69) is 0 Å². The molecule has 1 heterocycles. The second-order valence-corrected chi connectivity index (χ2v) is 8.40.